The maximum absolute atomic E-state index is 13.8. The molecule has 98 valence electrons. The molecule has 0 aliphatic carbocycles. The molecule has 0 aliphatic rings. The van der Waals surface area contributed by atoms with Crippen LogP contribution < -0.4 is 0 Å². The van der Waals surface area contributed by atoms with Gasteiger partial charge in [0.2, 0.25) is 0 Å². The van der Waals surface area contributed by atoms with Gasteiger partial charge in [0.25, 0.3) is 0 Å². The molecule has 0 bridgehead atoms. The first-order valence-corrected chi connectivity index (χ1v) is 7.23. The van der Waals surface area contributed by atoms with Gasteiger partial charge in [-0.05, 0) is 69.2 Å². The second kappa shape index (κ2) is 5.66. The Balaban J connectivity index is 2.56. The third-order valence-corrected chi connectivity index (χ3v) is 4.73. The quantitative estimate of drug-likeness (QED) is 0.373. The van der Waals surface area contributed by atoms with E-state index in [-0.39, 0.29) is 10.0 Å². The Labute approximate surface area is 131 Å². The maximum atomic E-state index is 13.8. The third kappa shape index (κ3) is 2.86. The van der Waals surface area contributed by atoms with E-state index in [0.717, 1.165) is 21.3 Å². The highest BCUT2D eigenvalue weighted by atomic mass is 127. The molecule has 0 saturated heterocycles. The summed E-state index contributed by atoms with van der Waals surface area (Å²) in [4.78, 5) is 12.3. The molecule has 0 atom stereocenters. The summed E-state index contributed by atoms with van der Waals surface area (Å²) in [5, 5.41) is 0. The van der Waals surface area contributed by atoms with Gasteiger partial charge in [-0.15, -0.1) is 0 Å². The van der Waals surface area contributed by atoms with Gasteiger partial charge in [0.15, 0.2) is 5.78 Å². The number of aryl methyl sites for hydroxylation is 1. The van der Waals surface area contributed by atoms with Crippen molar-refractivity contribution in [3.05, 3.63) is 66.7 Å². The summed E-state index contributed by atoms with van der Waals surface area (Å²) in [6.45, 7) is 1.86. The minimum Gasteiger partial charge on any atom is -0.288 e. The monoisotopic (exact) mass is 436 g/mol. The van der Waals surface area contributed by atoms with Gasteiger partial charge in [-0.3, -0.25) is 4.79 Å². The molecule has 5 heteroatoms. The van der Waals surface area contributed by atoms with Crippen molar-refractivity contribution in [2.75, 3.05) is 0 Å². The Morgan fingerprint density at radius 3 is 2.53 bits per heavy atom. The lowest BCUT2D eigenvalue weighted by molar-refractivity contribution is 0.103. The van der Waals surface area contributed by atoms with Gasteiger partial charge in [0.05, 0.1) is 10.0 Å². The predicted octanol–water partition coefficient (Wildman–Crippen LogP) is 4.87. The number of hydrogen-bond acceptors (Lipinski definition) is 1. The Bertz CT molecular complexity index is 671. The van der Waals surface area contributed by atoms with Crippen molar-refractivity contribution >= 4 is 44.3 Å². The fourth-order valence-corrected chi connectivity index (χ4v) is 2.58. The van der Waals surface area contributed by atoms with E-state index in [1.54, 1.807) is 12.1 Å². The van der Waals surface area contributed by atoms with Crippen LogP contribution >= 0.6 is 38.5 Å². The lowest BCUT2D eigenvalue weighted by Gasteiger charge is -2.08. The highest BCUT2D eigenvalue weighted by Gasteiger charge is 2.19. The van der Waals surface area contributed by atoms with E-state index in [9.17, 15) is 13.6 Å². The Morgan fingerprint density at radius 2 is 1.84 bits per heavy atom. The summed E-state index contributed by atoms with van der Waals surface area (Å²) in [6, 6.07) is 7.07. The molecule has 2 rings (SSSR count). The SMILES string of the molecule is Cc1cccc(C(=O)c2cc(F)c(Br)cc2F)c1I. The zero-order valence-corrected chi connectivity index (χ0v) is 13.6. The average molecular weight is 437 g/mol. The summed E-state index contributed by atoms with van der Waals surface area (Å²) in [5.74, 6) is -1.92. The number of halogens is 4. The average Bonchev–Trinajstić information content (AvgIpc) is 2.36. The Morgan fingerprint density at radius 1 is 1.16 bits per heavy atom. The first kappa shape index (κ1) is 14.6. The van der Waals surface area contributed by atoms with Crippen molar-refractivity contribution in [2.24, 2.45) is 0 Å². The lowest BCUT2D eigenvalue weighted by atomic mass is 10.0. The minimum atomic E-state index is -0.740. The maximum Gasteiger partial charge on any atom is 0.197 e. The second-order valence-electron chi connectivity index (χ2n) is 4.01. The number of carbonyl (C=O) groups is 1. The third-order valence-electron chi connectivity index (χ3n) is 2.69. The second-order valence-corrected chi connectivity index (χ2v) is 5.94. The van der Waals surface area contributed by atoms with Crippen molar-refractivity contribution in [3.63, 3.8) is 0 Å². The van der Waals surface area contributed by atoms with Crippen molar-refractivity contribution in [1.82, 2.24) is 0 Å². The Hall–Kier alpha value is -0.820. The molecule has 0 aromatic heterocycles. The molecule has 2 aromatic carbocycles. The predicted molar refractivity (Wildman–Crippen MR) is 81.4 cm³/mol. The van der Waals surface area contributed by atoms with Crippen LogP contribution in [-0.2, 0) is 0 Å². The molecule has 0 fully saturated rings. The van der Waals surface area contributed by atoms with Crippen LogP contribution in [0.15, 0.2) is 34.8 Å². The molecule has 0 N–H and O–H groups in total. The Kier molecular flexibility index (Phi) is 4.35. The number of carbonyl (C=O) groups excluding carboxylic acids is 1. The van der Waals surface area contributed by atoms with Crippen LogP contribution in [0.4, 0.5) is 8.78 Å². The van der Waals surface area contributed by atoms with E-state index in [4.69, 9.17) is 0 Å². The van der Waals surface area contributed by atoms with Crippen molar-refractivity contribution in [2.45, 2.75) is 6.92 Å². The van der Waals surface area contributed by atoms with Gasteiger partial charge in [0, 0.05) is 9.13 Å². The van der Waals surface area contributed by atoms with Crippen molar-refractivity contribution in [1.29, 1.82) is 0 Å². The first-order valence-electron chi connectivity index (χ1n) is 5.36. The molecule has 0 saturated carbocycles. The summed E-state index contributed by atoms with van der Waals surface area (Å²) < 4.78 is 28.0. The molecule has 0 heterocycles. The van der Waals surface area contributed by atoms with E-state index in [1.807, 2.05) is 35.6 Å². The molecule has 0 radical (unpaired) electrons. The van der Waals surface area contributed by atoms with E-state index in [0.29, 0.717) is 5.56 Å². The summed E-state index contributed by atoms with van der Waals surface area (Å²) in [6.07, 6.45) is 0. The van der Waals surface area contributed by atoms with Gasteiger partial charge in [-0.2, -0.15) is 0 Å². The van der Waals surface area contributed by atoms with Gasteiger partial charge in [-0.1, -0.05) is 12.1 Å². The molecular weight excluding hydrogens is 429 g/mol. The number of benzene rings is 2. The molecule has 1 nitrogen and oxygen atoms in total. The fraction of sp³-hybridized carbons (Fsp3) is 0.0714. The van der Waals surface area contributed by atoms with Crippen molar-refractivity contribution < 1.29 is 13.6 Å². The van der Waals surface area contributed by atoms with E-state index in [1.165, 1.54) is 0 Å². The zero-order chi connectivity index (χ0) is 14.2. The number of hydrogen-bond donors (Lipinski definition) is 0. The number of rotatable bonds is 2. The topological polar surface area (TPSA) is 17.1 Å². The largest absolute Gasteiger partial charge is 0.288 e. The molecule has 0 spiro atoms. The normalized spacial score (nSPS) is 10.6. The molecule has 2 aromatic rings. The van der Waals surface area contributed by atoms with Crippen LogP contribution in [0.5, 0.6) is 0 Å². The van der Waals surface area contributed by atoms with E-state index >= 15 is 0 Å². The smallest absolute Gasteiger partial charge is 0.197 e. The molecule has 0 unspecified atom stereocenters. The molecular formula is C14H8BrF2IO. The van der Waals surface area contributed by atoms with E-state index < -0.39 is 17.4 Å². The zero-order valence-electron chi connectivity index (χ0n) is 9.81. The van der Waals surface area contributed by atoms with Gasteiger partial charge in [-0.25, -0.2) is 8.78 Å². The molecule has 19 heavy (non-hydrogen) atoms. The lowest BCUT2D eigenvalue weighted by Crippen LogP contribution is -2.08. The standard InChI is InChI=1S/C14H8BrF2IO/c1-7-3-2-4-8(13(7)18)14(19)9-5-12(17)10(15)6-11(9)16/h2-6H,1H3. The highest BCUT2D eigenvalue weighted by Crippen LogP contribution is 2.24. The van der Waals surface area contributed by atoms with Crippen LogP contribution in [-0.4, -0.2) is 5.78 Å². The summed E-state index contributed by atoms with van der Waals surface area (Å²) >= 11 is 4.91. The molecule has 0 amide bonds. The van der Waals surface area contributed by atoms with Crippen LogP contribution in [0.1, 0.15) is 21.5 Å². The molecule has 0 aliphatic heterocycles. The fourth-order valence-electron chi connectivity index (χ4n) is 1.66. The van der Waals surface area contributed by atoms with Gasteiger partial charge in [0.1, 0.15) is 11.6 Å². The van der Waals surface area contributed by atoms with Crippen LogP contribution in [0, 0.1) is 22.1 Å². The van der Waals surface area contributed by atoms with E-state index in [2.05, 4.69) is 15.9 Å². The van der Waals surface area contributed by atoms with Gasteiger partial charge >= 0.3 is 0 Å². The van der Waals surface area contributed by atoms with Crippen LogP contribution in [0.3, 0.4) is 0 Å². The first-order chi connectivity index (χ1) is 8.91. The van der Waals surface area contributed by atoms with Crippen LogP contribution in [0.25, 0.3) is 0 Å². The summed E-state index contributed by atoms with van der Waals surface area (Å²) in [7, 11) is 0. The number of ketones is 1. The highest BCUT2D eigenvalue weighted by molar-refractivity contribution is 14.1. The van der Waals surface area contributed by atoms with Crippen LogP contribution in [0.2, 0.25) is 0 Å². The minimum absolute atomic E-state index is 0.000453. The summed E-state index contributed by atoms with van der Waals surface area (Å²) in [5.41, 5.74) is 1.04. The van der Waals surface area contributed by atoms with Crippen molar-refractivity contribution in [3.8, 4) is 0 Å². The van der Waals surface area contributed by atoms with Gasteiger partial charge < -0.3 is 0 Å².